The molecule has 2 amide bonds. The van der Waals surface area contributed by atoms with Crippen molar-refractivity contribution in [1.82, 2.24) is 10.4 Å². The predicted molar refractivity (Wildman–Crippen MR) is 83.5 cm³/mol. The molecule has 0 spiro atoms. The summed E-state index contributed by atoms with van der Waals surface area (Å²) in [5, 5.41) is 8.68. The Kier molecular flexibility index (Phi) is 4.53. The molecule has 0 aliphatic carbocycles. The second-order valence-electron chi connectivity index (χ2n) is 5.55. The zero-order chi connectivity index (χ0) is 18.2. The number of hydrogen-bond donors (Lipinski definition) is 2. The minimum absolute atomic E-state index is 0.182. The van der Waals surface area contributed by atoms with Gasteiger partial charge in [0, 0.05) is 17.0 Å². The van der Waals surface area contributed by atoms with Crippen molar-refractivity contribution >= 4 is 23.2 Å². The van der Waals surface area contributed by atoms with Crippen LogP contribution in [-0.4, -0.2) is 28.5 Å². The average molecular weight is 370 g/mol. The molecule has 25 heavy (non-hydrogen) atoms. The highest BCUT2D eigenvalue weighted by molar-refractivity contribution is 7.14. The molecule has 2 N–H and O–H groups in total. The summed E-state index contributed by atoms with van der Waals surface area (Å²) in [5.41, 5.74) is 1.88. The van der Waals surface area contributed by atoms with Crippen LogP contribution in [-0.2, 0) is 19.1 Å². The lowest BCUT2D eigenvalue weighted by Crippen LogP contribution is -2.35. The molecule has 0 saturated carbocycles. The van der Waals surface area contributed by atoms with Crippen molar-refractivity contribution in [2.45, 2.75) is 19.1 Å². The minimum Gasteiger partial charge on any atom is -0.333 e. The molecule has 2 aromatic rings. The fourth-order valence-electron chi connectivity index (χ4n) is 2.64. The zero-order valence-electron chi connectivity index (χ0n) is 12.8. The standard InChI is InChI=1S/C16H13F3N2O3S/c17-16(18,19)11-3-1-9(2-4-11)15(23)21-6-5-10-7-12(14(22)20-24)25-13(10)8-21/h1-4,7,24H,5-6,8H2,(H,20,22). The first kappa shape index (κ1) is 17.4. The Bertz CT molecular complexity index is 815. The second kappa shape index (κ2) is 6.49. The van der Waals surface area contributed by atoms with Gasteiger partial charge >= 0.3 is 6.18 Å². The number of amides is 2. The molecule has 0 fully saturated rings. The smallest absolute Gasteiger partial charge is 0.333 e. The molecule has 0 unspecified atom stereocenters. The monoisotopic (exact) mass is 370 g/mol. The number of benzene rings is 1. The van der Waals surface area contributed by atoms with Gasteiger partial charge in [-0.05, 0) is 42.3 Å². The van der Waals surface area contributed by atoms with Crippen molar-refractivity contribution in [2.75, 3.05) is 6.54 Å². The van der Waals surface area contributed by atoms with E-state index in [1.165, 1.54) is 28.4 Å². The third kappa shape index (κ3) is 3.52. The Morgan fingerprint density at radius 2 is 1.88 bits per heavy atom. The molecule has 1 aliphatic rings. The molecule has 132 valence electrons. The topological polar surface area (TPSA) is 69.6 Å². The number of nitrogens with one attached hydrogen (secondary N) is 1. The lowest BCUT2D eigenvalue weighted by molar-refractivity contribution is -0.137. The quantitative estimate of drug-likeness (QED) is 0.631. The SMILES string of the molecule is O=C(NO)c1cc2c(s1)CN(C(=O)c1ccc(C(F)(F)F)cc1)CC2. The van der Waals surface area contributed by atoms with E-state index in [9.17, 15) is 22.8 Å². The van der Waals surface area contributed by atoms with E-state index in [1.807, 2.05) is 0 Å². The Morgan fingerprint density at radius 3 is 2.48 bits per heavy atom. The summed E-state index contributed by atoms with van der Waals surface area (Å²) < 4.78 is 37.8. The van der Waals surface area contributed by atoms with Crippen molar-refractivity contribution in [3.05, 3.63) is 56.8 Å². The number of rotatable bonds is 2. The number of halogens is 3. The van der Waals surface area contributed by atoms with Crippen LogP contribution in [0.15, 0.2) is 30.3 Å². The van der Waals surface area contributed by atoms with E-state index in [2.05, 4.69) is 0 Å². The third-order valence-electron chi connectivity index (χ3n) is 3.95. The van der Waals surface area contributed by atoms with Crippen molar-refractivity contribution in [3.8, 4) is 0 Å². The normalized spacial score (nSPS) is 14.2. The summed E-state index contributed by atoms with van der Waals surface area (Å²) in [7, 11) is 0. The van der Waals surface area contributed by atoms with Gasteiger partial charge in [-0.3, -0.25) is 14.8 Å². The lowest BCUT2D eigenvalue weighted by Gasteiger charge is -2.27. The Balaban J connectivity index is 1.76. The maximum Gasteiger partial charge on any atom is 0.416 e. The van der Waals surface area contributed by atoms with Crippen LogP contribution < -0.4 is 5.48 Å². The van der Waals surface area contributed by atoms with Gasteiger partial charge in [0.05, 0.1) is 17.0 Å². The van der Waals surface area contributed by atoms with E-state index in [1.54, 1.807) is 11.5 Å². The third-order valence-corrected chi connectivity index (χ3v) is 5.11. The van der Waals surface area contributed by atoms with Gasteiger partial charge in [-0.25, -0.2) is 5.48 Å². The fraction of sp³-hybridized carbons (Fsp3) is 0.250. The molecule has 1 aromatic heterocycles. The minimum atomic E-state index is -4.44. The first-order valence-electron chi connectivity index (χ1n) is 7.32. The molecular weight excluding hydrogens is 357 g/mol. The fourth-order valence-corrected chi connectivity index (χ4v) is 3.76. The number of carbonyl (C=O) groups is 2. The van der Waals surface area contributed by atoms with Crippen molar-refractivity contribution < 1.29 is 28.0 Å². The van der Waals surface area contributed by atoms with Crippen LogP contribution >= 0.6 is 11.3 Å². The molecule has 1 aliphatic heterocycles. The molecule has 5 nitrogen and oxygen atoms in total. The molecule has 3 rings (SSSR count). The number of hydrogen-bond acceptors (Lipinski definition) is 4. The molecular formula is C16H13F3N2O3S. The van der Waals surface area contributed by atoms with Crippen LogP contribution in [0.1, 0.15) is 36.0 Å². The average Bonchev–Trinajstić information content (AvgIpc) is 3.03. The predicted octanol–water partition coefficient (Wildman–Crippen LogP) is 3.08. The summed E-state index contributed by atoms with van der Waals surface area (Å²) in [4.78, 5) is 26.7. The van der Waals surface area contributed by atoms with Crippen molar-refractivity contribution in [2.24, 2.45) is 0 Å². The first-order valence-corrected chi connectivity index (χ1v) is 8.14. The Labute approximate surface area is 144 Å². The highest BCUT2D eigenvalue weighted by atomic mass is 32.1. The molecule has 0 radical (unpaired) electrons. The molecule has 0 saturated heterocycles. The van der Waals surface area contributed by atoms with Crippen LogP contribution in [0, 0.1) is 0 Å². The zero-order valence-corrected chi connectivity index (χ0v) is 13.6. The number of carbonyl (C=O) groups excluding carboxylic acids is 2. The summed E-state index contributed by atoms with van der Waals surface area (Å²) in [6, 6.07) is 5.78. The van der Waals surface area contributed by atoms with Gasteiger partial charge in [0.15, 0.2) is 0 Å². The van der Waals surface area contributed by atoms with Gasteiger partial charge in [0.25, 0.3) is 11.8 Å². The van der Waals surface area contributed by atoms with E-state index in [-0.39, 0.29) is 18.0 Å². The maximum atomic E-state index is 12.6. The van der Waals surface area contributed by atoms with E-state index < -0.39 is 17.6 Å². The maximum absolute atomic E-state index is 12.6. The highest BCUT2D eigenvalue weighted by Crippen LogP contribution is 2.31. The summed E-state index contributed by atoms with van der Waals surface area (Å²) in [6.07, 6.45) is -3.90. The van der Waals surface area contributed by atoms with E-state index in [0.29, 0.717) is 17.8 Å². The van der Waals surface area contributed by atoms with Gasteiger partial charge in [0.1, 0.15) is 0 Å². The van der Waals surface area contributed by atoms with E-state index in [0.717, 1.165) is 22.6 Å². The van der Waals surface area contributed by atoms with Crippen LogP contribution in [0.25, 0.3) is 0 Å². The van der Waals surface area contributed by atoms with Crippen LogP contribution in [0.3, 0.4) is 0 Å². The van der Waals surface area contributed by atoms with E-state index >= 15 is 0 Å². The molecule has 0 bridgehead atoms. The summed E-state index contributed by atoms with van der Waals surface area (Å²) in [6.45, 7) is 0.683. The number of alkyl halides is 3. The largest absolute Gasteiger partial charge is 0.416 e. The lowest BCUT2D eigenvalue weighted by atomic mass is 10.1. The van der Waals surface area contributed by atoms with Crippen LogP contribution in [0.5, 0.6) is 0 Å². The summed E-state index contributed by atoms with van der Waals surface area (Å²) in [5.74, 6) is -0.971. The summed E-state index contributed by atoms with van der Waals surface area (Å²) >= 11 is 1.18. The molecule has 2 heterocycles. The van der Waals surface area contributed by atoms with Gasteiger partial charge in [-0.15, -0.1) is 11.3 Å². The molecule has 0 atom stereocenters. The highest BCUT2D eigenvalue weighted by Gasteiger charge is 2.31. The van der Waals surface area contributed by atoms with Crippen molar-refractivity contribution in [1.29, 1.82) is 0 Å². The molecule has 9 heteroatoms. The number of hydroxylamine groups is 1. The Morgan fingerprint density at radius 1 is 1.20 bits per heavy atom. The van der Waals surface area contributed by atoms with Gasteiger partial charge in [-0.2, -0.15) is 13.2 Å². The number of fused-ring (bicyclic) bond motifs is 1. The van der Waals surface area contributed by atoms with Crippen LogP contribution in [0.4, 0.5) is 13.2 Å². The van der Waals surface area contributed by atoms with Gasteiger partial charge in [-0.1, -0.05) is 0 Å². The van der Waals surface area contributed by atoms with E-state index in [4.69, 9.17) is 5.21 Å². The van der Waals surface area contributed by atoms with Crippen molar-refractivity contribution in [3.63, 3.8) is 0 Å². The van der Waals surface area contributed by atoms with Gasteiger partial charge in [0.2, 0.25) is 0 Å². The first-order chi connectivity index (χ1) is 11.8. The Hall–Kier alpha value is -2.39. The second-order valence-corrected chi connectivity index (χ2v) is 6.69. The number of thiophene rings is 1. The number of nitrogens with zero attached hydrogens (tertiary/aromatic N) is 1. The van der Waals surface area contributed by atoms with Gasteiger partial charge < -0.3 is 4.90 Å². The van der Waals surface area contributed by atoms with Crippen LogP contribution in [0.2, 0.25) is 0 Å². The molecule has 1 aromatic carbocycles.